The zero-order valence-electron chi connectivity index (χ0n) is 12.1. The predicted octanol–water partition coefficient (Wildman–Crippen LogP) is 2.90. The summed E-state index contributed by atoms with van der Waals surface area (Å²) in [7, 11) is 0. The van der Waals surface area contributed by atoms with Gasteiger partial charge < -0.3 is 14.9 Å². The average Bonchev–Trinajstić information content (AvgIpc) is 3.02. The number of imidazole rings is 2. The molecular weight excluding hydrogens is 286 g/mol. The van der Waals surface area contributed by atoms with Crippen LogP contribution < -0.4 is 5.32 Å². The molecule has 0 spiro atoms. The molecule has 2 heterocycles. The topological polar surface area (TPSA) is 58.5 Å². The highest BCUT2D eigenvalue weighted by molar-refractivity contribution is 6.31. The van der Waals surface area contributed by atoms with Gasteiger partial charge in [-0.25, -0.2) is 9.97 Å². The van der Waals surface area contributed by atoms with E-state index < -0.39 is 0 Å². The van der Waals surface area contributed by atoms with E-state index in [0.29, 0.717) is 12.6 Å². The number of rotatable bonds is 5. The first-order valence-electron chi connectivity index (χ1n) is 6.97. The van der Waals surface area contributed by atoms with Gasteiger partial charge in [-0.2, -0.15) is 0 Å². The molecule has 0 saturated heterocycles. The summed E-state index contributed by atoms with van der Waals surface area (Å²) in [6, 6.07) is 6.00. The van der Waals surface area contributed by atoms with Crippen molar-refractivity contribution in [2.75, 3.05) is 0 Å². The van der Waals surface area contributed by atoms with Crippen molar-refractivity contribution in [2.24, 2.45) is 0 Å². The normalized spacial score (nSPS) is 12.9. The summed E-state index contributed by atoms with van der Waals surface area (Å²) in [5, 5.41) is 4.18. The fraction of sp³-hybridized carbons (Fsp3) is 0.333. The molecule has 0 saturated carbocycles. The Morgan fingerprint density at radius 1 is 1.43 bits per heavy atom. The first-order valence-corrected chi connectivity index (χ1v) is 7.35. The van der Waals surface area contributed by atoms with Crippen molar-refractivity contribution in [1.29, 1.82) is 0 Å². The van der Waals surface area contributed by atoms with Crippen LogP contribution in [0, 0.1) is 6.92 Å². The molecule has 6 heteroatoms. The van der Waals surface area contributed by atoms with Crippen LogP contribution in [0.15, 0.2) is 30.6 Å². The Labute approximate surface area is 128 Å². The standard InChI is InChI=1S/C15H18ClN5/c1-10(9-21-6-5-17-11(21)2)18-8-15-19-13-4-3-12(16)7-14(13)20-15/h3-7,10,18H,8-9H2,1-2H3,(H,19,20). The molecule has 1 unspecified atom stereocenters. The quantitative estimate of drug-likeness (QED) is 0.762. The molecule has 0 radical (unpaired) electrons. The minimum atomic E-state index is 0.328. The summed E-state index contributed by atoms with van der Waals surface area (Å²) >= 11 is 5.98. The fourth-order valence-corrected chi connectivity index (χ4v) is 2.52. The maximum Gasteiger partial charge on any atom is 0.121 e. The van der Waals surface area contributed by atoms with Crippen LogP contribution in [-0.2, 0) is 13.1 Å². The van der Waals surface area contributed by atoms with Gasteiger partial charge in [-0.15, -0.1) is 0 Å². The summed E-state index contributed by atoms with van der Waals surface area (Å²) in [4.78, 5) is 12.1. The maximum absolute atomic E-state index is 5.98. The van der Waals surface area contributed by atoms with Crippen molar-refractivity contribution in [3.63, 3.8) is 0 Å². The molecule has 0 fully saturated rings. The molecule has 3 aromatic rings. The molecule has 0 aliphatic heterocycles. The van der Waals surface area contributed by atoms with Crippen LogP contribution in [0.4, 0.5) is 0 Å². The Bertz CT molecular complexity index is 745. The van der Waals surface area contributed by atoms with E-state index in [2.05, 4.69) is 31.8 Å². The van der Waals surface area contributed by atoms with Crippen LogP contribution in [0.2, 0.25) is 5.02 Å². The van der Waals surface area contributed by atoms with Gasteiger partial charge in [0.1, 0.15) is 11.6 Å². The van der Waals surface area contributed by atoms with Crippen molar-refractivity contribution in [2.45, 2.75) is 33.0 Å². The molecule has 110 valence electrons. The lowest BCUT2D eigenvalue weighted by atomic mass is 10.3. The zero-order chi connectivity index (χ0) is 14.8. The Balaban J connectivity index is 1.62. The Morgan fingerprint density at radius 2 is 2.29 bits per heavy atom. The second-order valence-corrected chi connectivity index (χ2v) is 5.69. The van der Waals surface area contributed by atoms with Crippen LogP contribution in [0.25, 0.3) is 11.0 Å². The van der Waals surface area contributed by atoms with Crippen molar-refractivity contribution in [3.05, 3.63) is 47.3 Å². The number of nitrogens with zero attached hydrogens (tertiary/aromatic N) is 3. The van der Waals surface area contributed by atoms with Crippen LogP contribution in [0.5, 0.6) is 0 Å². The lowest BCUT2D eigenvalue weighted by molar-refractivity contribution is 0.466. The number of hydrogen-bond acceptors (Lipinski definition) is 3. The summed E-state index contributed by atoms with van der Waals surface area (Å²) in [6.07, 6.45) is 3.82. The van der Waals surface area contributed by atoms with Gasteiger partial charge in [0, 0.05) is 30.0 Å². The molecule has 2 aromatic heterocycles. The van der Waals surface area contributed by atoms with E-state index in [4.69, 9.17) is 11.6 Å². The third kappa shape index (κ3) is 3.25. The van der Waals surface area contributed by atoms with Gasteiger partial charge in [0.15, 0.2) is 0 Å². The van der Waals surface area contributed by atoms with Gasteiger partial charge in [-0.1, -0.05) is 11.6 Å². The van der Waals surface area contributed by atoms with Crippen LogP contribution in [0.3, 0.4) is 0 Å². The molecule has 0 aliphatic rings. The van der Waals surface area contributed by atoms with E-state index in [0.717, 1.165) is 34.2 Å². The molecular formula is C15H18ClN5. The minimum Gasteiger partial charge on any atom is -0.341 e. The lowest BCUT2D eigenvalue weighted by Crippen LogP contribution is -2.30. The Kier molecular flexibility index (Phi) is 3.94. The maximum atomic E-state index is 5.98. The first-order chi connectivity index (χ1) is 10.1. The van der Waals surface area contributed by atoms with Crippen LogP contribution in [-0.4, -0.2) is 25.6 Å². The number of halogens is 1. The highest BCUT2D eigenvalue weighted by Crippen LogP contribution is 2.17. The third-order valence-corrected chi connectivity index (χ3v) is 3.74. The SMILES string of the molecule is Cc1nccn1CC(C)NCc1nc2ccc(Cl)cc2[nH]1. The molecule has 1 aromatic carbocycles. The summed E-state index contributed by atoms with van der Waals surface area (Å²) < 4.78 is 2.13. The number of nitrogens with one attached hydrogen (secondary N) is 2. The molecule has 2 N–H and O–H groups in total. The molecule has 3 rings (SSSR count). The van der Waals surface area contributed by atoms with E-state index in [-0.39, 0.29) is 0 Å². The smallest absolute Gasteiger partial charge is 0.121 e. The van der Waals surface area contributed by atoms with Crippen LogP contribution in [0.1, 0.15) is 18.6 Å². The highest BCUT2D eigenvalue weighted by atomic mass is 35.5. The van der Waals surface area contributed by atoms with E-state index in [9.17, 15) is 0 Å². The van der Waals surface area contributed by atoms with E-state index in [1.54, 1.807) is 0 Å². The zero-order valence-corrected chi connectivity index (χ0v) is 12.9. The summed E-state index contributed by atoms with van der Waals surface area (Å²) in [5.41, 5.74) is 1.91. The highest BCUT2D eigenvalue weighted by Gasteiger charge is 2.07. The van der Waals surface area contributed by atoms with Gasteiger partial charge in [0.2, 0.25) is 0 Å². The predicted molar refractivity (Wildman–Crippen MR) is 84.4 cm³/mol. The fourth-order valence-electron chi connectivity index (χ4n) is 2.35. The van der Waals surface area contributed by atoms with E-state index in [1.807, 2.05) is 37.5 Å². The largest absolute Gasteiger partial charge is 0.341 e. The number of aromatic amines is 1. The first kappa shape index (κ1) is 14.1. The molecule has 5 nitrogen and oxygen atoms in total. The molecule has 21 heavy (non-hydrogen) atoms. The second-order valence-electron chi connectivity index (χ2n) is 5.25. The Hall–Kier alpha value is -1.85. The van der Waals surface area contributed by atoms with Crippen molar-refractivity contribution in [3.8, 4) is 0 Å². The number of aromatic nitrogens is 4. The molecule has 0 amide bonds. The second kappa shape index (κ2) is 5.87. The molecule has 0 bridgehead atoms. The van der Waals surface area contributed by atoms with Gasteiger partial charge in [0.05, 0.1) is 17.6 Å². The van der Waals surface area contributed by atoms with Gasteiger partial charge in [0.25, 0.3) is 0 Å². The summed E-state index contributed by atoms with van der Waals surface area (Å²) in [6.45, 7) is 5.74. The molecule has 1 atom stereocenters. The van der Waals surface area contributed by atoms with Crippen molar-refractivity contribution < 1.29 is 0 Å². The van der Waals surface area contributed by atoms with Gasteiger partial charge in [-0.05, 0) is 32.0 Å². The monoisotopic (exact) mass is 303 g/mol. The average molecular weight is 304 g/mol. The minimum absolute atomic E-state index is 0.328. The number of benzene rings is 1. The van der Waals surface area contributed by atoms with Crippen LogP contribution >= 0.6 is 11.6 Å². The third-order valence-electron chi connectivity index (χ3n) is 3.51. The van der Waals surface area contributed by atoms with Gasteiger partial charge >= 0.3 is 0 Å². The van der Waals surface area contributed by atoms with E-state index >= 15 is 0 Å². The number of H-pyrrole nitrogens is 1. The summed E-state index contributed by atoms with van der Waals surface area (Å²) in [5.74, 6) is 1.95. The molecule has 0 aliphatic carbocycles. The van der Waals surface area contributed by atoms with Gasteiger partial charge in [-0.3, -0.25) is 0 Å². The lowest BCUT2D eigenvalue weighted by Gasteiger charge is -2.14. The number of hydrogen-bond donors (Lipinski definition) is 2. The Morgan fingerprint density at radius 3 is 3.05 bits per heavy atom. The van der Waals surface area contributed by atoms with Crippen molar-refractivity contribution >= 4 is 22.6 Å². The number of aryl methyl sites for hydroxylation is 1. The van der Waals surface area contributed by atoms with Crippen molar-refractivity contribution in [1.82, 2.24) is 24.8 Å². The number of fused-ring (bicyclic) bond motifs is 1. The van der Waals surface area contributed by atoms with E-state index in [1.165, 1.54) is 0 Å².